The Balaban J connectivity index is 2.01. The van der Waals surface area contributed by atoms with E-state index in [1.807, 2.05) is 4.90 Å². The fourth-order valence-corrected chi connectivity index (χ4v) is 2.70. The van der Waals surface area contributed by atoms with Gasteiger partial charge in [0.15, 0.2) is 0 Å². The molecule has 1 fully saturated rings. The average molecular weight is 358 g/mol. The van der Waals surface area contributed by atoms with Gasteiger partial charge >= 0.3 is 0 Å². The highest BCUT2D eigenvalue weighted by Gasteiger charge is 2.31. The number of carbonyl (C=O) groups is 2. The van der Waals surface area contributed by atoms with Crippen LogP contribution in [0.3, 0.4) is 0 Å². The molecule has 1 aliphatic rings. The van der Waals surface area contributed by atoms with Gasteiger partial charge in [0.1, 0.15) is 5.82 Å². The zero-order chi connectivity index (χ0) is 17.5. The van der Waals surface area contributed by atoms with E-state index in [1.54, 1.807) is 13.2 Å². The summed E-state index contributed by atoms with van der Waals surface area (Å²) in [6.07, 6.45) is 0.0472. The van der Waals surface area contributed by atoms with Crippen molar-refractivity contribution in [3.63, 3.8) is 0 Å². The van der Waals surface area contributed by atoms with E-state index in [0.717, 1.165) is 0 Å². The first-order valence-electron chi connectivity index (χ1n) is 7.72. The number of piperazine rings is 1. The molecule has 1 aliphatic heterocycles. The first kappa shape index (κ1) is 18.6. The second-order valence-corrected chi connectivity index (χ2v) is 5.98. The smallest absolute Gasteiger partial charge is 0.237 e. The molecule has 24 heavy (non-hydrogen) atoms. The molecule has 0 unspecified atom stereocenters. The molecule has 8 heteroatoms. The predicted molar refractivity (Wildman–Crippen MR) is 88.1 cm³/mol. The van der Waals surface area contributed by atoms with Crippen molar-refractivity contribution in [2.24, 2.45) is 0 Å². The SMILES string of the molecule is COCCNC(=O)C[C@@H]1C(=O)NCCN1Cc1ccc(Cl)c(F)c1. The summed E-state index contributed by atoms with van der Waals surface area (Å²) >= 11 is 5.69. The van der Waals surface area contributed by atoms with Gasteiger partial charge in [0.05, 0.1) is 24.1 Å². The van der Waals surface area contributed by atoms with Gasteiger partial charge < -0.3 is 15.4 Å². The van der Waals surface area contributed by atoms with Gasteiger partial charge in [0.25, 0.3) is 0 Å². The summed E-state index contributed by atoms with van der Waals surface area (Å²) in [6.45, 7) is 2.27. The van der Waals surface area contributed by atoms with Crippen molar-refractivity contribution in [3.8, 4) is 0 Å². The summed E-state index contributed by atoms with van der Waals surface area (Å²) in [7, 11) is 1.55. The minimum Gasteiger partial charge on any atom is -0.383 e. The van der Waals surface area contributed by atoms with E-state index >= 15 is 0 Å². The molecule has 0 aliphatic carbocycles. The number of nitrogens with one attached hydrogen (secondary N) is 2. The molecule has 2 amide bonds. The van der Waals surface area contributed by atoms with Crippen molar-refractivity contribution >= 4 is 23.4 Å². The Morgan fingerprint density at radius 2 is 2.33 bits per heavy atom. The van der Waals surface area contributed by atoms with Crippen molar-refractivity contribution in [2.75, 3.05) is 33.4 Å². The lowest BCUT2D eigenvalue weighted by Gasteiger charge is -2.34. The van der Waals surface area contributed by atoms with E-state index in [1.165, 1.54) is 12.1 Å². The molecule has 1 heterocycles. The quantitative estimate of drug-likeness (QED) is 0.712. The lowest BCUT2D eigenvalue weighted by molar-refractivity contribution is -0.134. The first-order valence-corrected chi connectivity index (χ1v) is 8.10. The summed E-state index contributed by atoms with van der Waals surface area (Å²) in [5.41, 5.74) is 0.705. The molecule has 1 atom stereocenters. The summed E-state index contributed by atoms with van der Waals surface area (Å²) in [5, 5.41) is 5.52. The molecule has 1 saturated heterocycles. The predicted octanol–water partition coefficient (Wildman–Crippen LogP) is 0.932. The van der Waals surface area contributed by atoms with E-state index in [9.17, 15) is 14.0 Å². The van der Waals surface area contributed by atoms with Crippen LogP contribution in [0.25, 0.3) is 0 Å². The summed E-state index contributed by atoms with van der Waals surface area (Å²) in [5.74, 6) is -0.913. The Kier molecular flexibility index (Phi) is 6.96. The second-order valence-electron chi connectivity index (χ2n) is 5.57. The number of nitrogens with zero attached hydrogens (tertiary/aromatic N) is 1. The van der Waals surface area contributed by atoms with E-state index in [0.29, 0.717) is 38.3 Å². The highest BCUT2D eigenvalue weighted by atomic mass is 35.5. The van der Waals surface area contributed by atoms with Gasteiger partial charge in [-0.1, -0.05) is 17.7 Å². The molecule has 0 saturated carbocycles. The monoisotopic (exact) mass is 357 g/mol. The van der Waals surface area contributed by atoms with Crippen LogP contribution < -0.4 is 10.6 Å². The maximum absolute atomic E-state index is 13.6. The second kappa shape index (κ2) is 8.96. The highest BCUT2D eigenvalue weighted by Crippen LogP contribution is 2.19. The molecule has 0 bridgehead atoms. The van der Waals surface area contributed by atoms with Crippen LogP contribution in [0.2, 0.25) is 5.02 Å². The molecule has 1 aromatic rings. The fraction of sp³-hybridized carbons (Fsp3) is 0.500. The van der Waals surface area contributed by atoms with Gasteiger partial charge in [-0.15, -0.1) is 0 Å². The van der Waals surface area contributed by atoms with Crippen molar-refractivity contribution < 1.29 is 18.7 Å². The third kappa shape index (κ3) is 5.15. The van der Waals surface area contributed by atoms with E-state index in [2.05, 4.69) is 10.6 Å². The van der Waals surface area contributed by atoms with Crippen molar-refractivity contribution in [2.45, 2.75) is 19.0 Å². The summed E-state index contributed by atoms with van der Waals surface area (Å²) in [6, 6.07) is 3.97. The zero-order valence-corrected chi connectivity index (χ0v) is 14.2. The van der Waals surface area contributed by atoms with E-state index in [-0.39, 0.29) is 23.3 Å². The third-order valence-corrected chi connectivity index (χ3v) is 4.12. The molecule has 0 aromatic heterocycles. The van der Waals surface area contributed by atoms with Gasteiger partial charge in [-0.25, -0.2) is 4.39 Å². The van der Waals surface area contributed by atoms with Gasteiger partial charge in [-0.05, 0) is 17.7 Å². The maximum Gasteiger partial charge on any atom is 0.237 e. The maximum atomic E-state index is 13.6. The van der Waals surface area contributed by atoms with Crippen molar-refractivity contribution in [3.05, 3.63) is 34.6 Å². The number of methoxy groups -OCH3 is 1. The molecule has 1 aromatic carbocycles. The summed E-state index contributed by atoms with van der Waals surface area (Å²) < 4.78 is 18.5. The van der Waals surface area contributed by atoms with Crippen LogP contribution in [0.5, 0.6) is 0 Å². The Morgan fingerprint density at radius 1 is 1.54 bits per heavy atom. The highest BCUT2D eigenvalue weighted by molar-refractivity contribution is 6.30. The normalized spacial score (nSPS) is 18.3. The lowest BCUT2D eigenvalue weighted by Crippen LogP contribution is -2.56. The van der Waals surface area contributed by atoms with E-state index < -0.39 is 11.9 Å². The van der Waals surface area contributed by atoms with Crippen LogP contribution in [0, 0.1) is 5.82 Å². The van der Waals surface area contributed by atoms with Gasteiger partial charge in [-0.2, -0.15) is 0 Å². The number of hydrogen-bond donors (Lipinski definition) is 2. The number of carbonyl (C=O) groups excluding carboxylic acids is 2. The zero-order valence-electron chi connectivity index (χ0n) is 13.5. The van der Waals surface area contributed by atoms with Gasteiger partial charge in [0.2, 0.25) is 11.8 Å². The summed E-state index contributed by atoms with van der Waals surface area (Å²) in [4.78, 5) is 26.0. The molecule has 2 N–H and O–H groups in total. The Hall–Kier alpha value is -1.70. The lowest BCUT2D eigenvalue weighted by atomic mass is 10.1. The third-order valence-electron chi connectivity index (χ3n) is 3.82. The number of halogens is 2. The van der Waals surface area contributed by atoms with E-state index in [4.69, 9.17) is 16.3 Å². The van der Waals surface area contributed by atoms with Crippen LogP contribution in [-0.2, 0) is 20.9 Å². The van der Waals surface area contributed by atoms with Crippen molar-refractivity contribution in [1.82, 2.24) is 15.5 Å². The number of ether oxygens (including phenoxy) is 1. The molecule has 6 nitrogen and oxygen atoms in total. The van der Waals surface area contributed by atoms with Crippen LogP contribution in [0.15, 0.2) is 18.2 Å². The van der Waals surface area contributed by atoms with Gasteiger partial charge in [-0.3, -0.25) is 14.5 Å². The topological polar surface area (TPSA) is 70.7 Å². The first-order chi connectivity index (χ1) is 11.5. The molecular weight excluding hydrogens is 337 g/mol. The van der Waals surface area contributed by atoms with Crippen molar-refractivity contribution in [1.29, 1.82) is 0 Å². The van der Waals surface area contributed by atoms with Crippen LogP contribution in [-0.4, -0.2) is 56.1 Å². The fourth-order valence-electron chi connectivity index (χ4n) is 2.59. The number of benzene rings is 1. The number of rotatable bonds is 7. The Morgan fingerprint density at radius 3 is 3.04 bits per heavy atom. The van der Waals surface area contributed by atoms with Crippen LogP contribution in [0.4, 0.5) is 4.39 Å². The molecule has 0 radical (unpaired) electrons. The minimum absolute atomic E-state index is 0.0472. The standard InChI is InChI=1S/C16H21ClFN3O3/c1-24-7-5-19-15(22)9-14-16(23)20-4-6-21(14)10-11-2-3-12(17)13(18)8-11/h2-3,8,14H,4-7,9-10H2,1H3,(H,19,22)(H,20,23)/t14-/m1/s1. The number of hydrogen-bond acceptors (Lipinski definition) is 4. The van der Waals surface area contributed by atoms with Crippen LogP contribution >= 0.6 is 11.6 Å². The largest absolute Gasteiger partial charge is 0.383 e. The molecule has 2 rings (SSSR count). The Bertz CT molecular complexity index is 600. The average Bonchev–Trinajstić information content (AvgIpc) is 2.54. The minimum atomic E-state index is -0.583. The molecular formula is C16H21ClFN3O3. The van der Waals surface area contributed by atoms with Crippen LogP contribution in [0.1, 0.15) is 12.0 Å². The Labute approximate surface area is 145 Å². The van der Waals surface area contributed by atoms with Gasteiger partial charge in [0, 0.05) is 33.3 Å². The molecule has 0 spiro atoms. The number of amides is 2. The molecule has 132 valence electrons.